The number of hydrogen-bond donors (Lipinski definition) is 0. The summed E-state index contributed by atoms with van der Waals surface area (Å²) in [6, 6.07) is 0. The third-order valence-corrected chi connectivity index (χ3v) is 2.49. The molecular formula is C13H32N2. The summed E-state index contributed by atoms with van der Waals surface area (Å²) in [5, 5.41) is 0. The Labute approximate surface area is 97.6 Å². The van der Waals surface area contributed by atoms with E-state index in [9.17, 15) is 0 Å². The van der Waals surface area contributed by atoms with Crippen molar-refractivity contribution in [3.8, 4) is 0 Å². The van der Waals surface area contributed by atoms with E-state index in [1.807, 2.05) is 27.7 Å². The molecule has 1 aliphatic rings. The Balaban J connectivity index is 0. The minimum absolute atomic E-state index is 0.569. The Morgan fingerprint density at radius 3 is 1.80 bits per heavy atom. The highest BCUT2D eigenvalue weighted by Gasteiger charge is 2.36. The Hall–Kier alpha value is -0.0800. The molecule has 0 N–H and O–H groups in total. The van der Waals surface area contributed by atoms with Crippen LogP contribution in [0.3, 0.4) is 0 Å². The third-order valence-electron chi connectivity index (χ3n) is 2.49. The Bertz CT molecular complexity index is 128. The molecule has 0 aliphatic carbocycles. The maximum Gasteiger partial charge on any atom is 0.00571 e. The molecule has 1 rings (SSSR count). The molecule has 2 heteroatoms. The molecular weight excluding hydrogens is 184 g/mol. The van der Waals surface area contributed by atoms with Gasteiger partial charge in [0.15, 0.2) is 0 Å². The second kappa shape index (κ2) is 9.17. The summed E-state index contributed by atoms with van der Waals surface area (Å²) in [6.45, 7) is 17.5. The van der Waals surface area contributed by atoms with Gasteiger partial charge in [0.25, 0.3) is 0 Å². The molecule has 0 amide bonds. The van der Waals surface area contributed by atoms with Crippen molar-refractivity contribution in [2.75, 3.05) is 40.3 Å². The summed E-state index contributed by atoms with van der Waals surface area (Å²) in [5.41, 5.74) is 0.569. The summed E-state index contributed by atoms with van der Waals surface area (Å²) < 4.78 is 0. The second-order valence-electron chi connectivity index (χ2n) is 4.31. The quantitative estimate of drug-likeness (QED) is 0.716. The fraction of sp³-hybridized carbons (Fsp3) is 1.00. The number of rotatable bonds is 3. The van der Waals surface area contributed by atoms with Gasteiger partial charge in [0.05, 0.1) is 0 Å². The van der Waals surface area contributed by atoms with E-state index in [-0.39, 0.29) is 0 Å². The fourth-order valence-electron chi connectivity index (χ4n) is 2.12. The van der Waals surface area contributed by atoms with Crippen LogP contribution in [0, 0.1) is 5.41 Å². The normalized spacial score (nSPS) is 18.2. The molecule has 1 heterocycles. The third kappa shape index (κ3) is 6.91. The lowest BCUT2D eigenvalue weighted by Crippen LogP contribution is -2.57. The second-order valence-corrected chi connectivity index (χ2v) is 4.31. The van der Waals surface area contributed by atoms with Crippen LogP contribution >= 0.6 is 0 Å². The van der Waals surface area contributed by atoms with Crippen LogP contribution in [0.2, 0.25) is 0 Å². The zero-order chi connectivity index (χ0) is 12.5. The van der Waals surface area contributed by atoms with Crippen LogP contribution < -0.4 is 0 Å². The highest BCUT2D eigenvalue weighted by molar-refractivity contribution is 4.91. The highest BCUT2D eigenvalue weighted by atomic mass is 15.2. The van der Waals surface area contributed by atoms with Crippen molar-refractivity contribution in [3.63, 3.8) is 0 Å². The van der Waals surface area contributed by atoms with Crippen LogP contribution in [0.25, 0.3) is 0 Å². The average molecular weight is 216 g/mol. The van der Waals surface area contributed by atoms with Gasteiger partial charge in [0.2, 0.25) is 0 Å². The van der Waals surface area contributed by atoms with E-state index >= 15 is 0 Å². The van der Waals surface area contributed by atoms with Crippen LogP contribution in [-0.2, 0) is 0 Å². The molecule has 0 aromatic rings. The molecule has 0 aromatic heterocycles. The van der Waals surface area contributed by atoms with E-state index < -0.39 is 0 Å². The lowest BCUT2D eigenvalue weighted by Gasteiger charge is -2.48. The first-order valence-corrected chi connectivity index (χ1v) is 6.43. The first-order chi connectivity index (χ1) is 7.06. The zero-order valence-corrected chi connectivity index (χ0v) is 12.2. The molecule has 94 valence electrons. The van der Waals surface area contributed by atoms with Gasteiger partial charge in [-0.05, 0) is 20.6 Å². The monoisotopic (exact) mass is 216 g/mol. The van der Waals surface area contributed by atoms with E-state index in [1.54, 1.807) is 0 Å². The van der Waals surface area contributed by atoms with Crippen molar-refractivity contribution in [2.45, 2.75) is 41.5 Å². The number of hydrogen-bond acceptors (Lipinski definition) is 2. The Morgan fingerprint density at radius 2 is 1.53 bits per heavy atom. The topological polar surface area (TPSA) is 6.48 Å². The summed E-state index contributed by atoms with van der Waals surface area (Å²) in [4.78, 5) is 4.77. The molecule has 0 bridgehead atoms. The number of likely N-dealkylation sites (tertiary alicyclic amines) is 1. The van der Waals surface area contributed by atoms with Crippen molar-refractivity contribution >= 4 is 0 Å². The van der Waals surface area contributed by atoms with Gasteiger partial charge in [-0.2, -0.15) is 0 Å². The van der Waals surface area contributed by atoms with Gasteiger partial charge in [-0.25, -0.2) is 0 Å². The maximum absolute atomic E-state index is 2.40. The standard InChI is InChI=1S/C9H20N2.2C2H6/c1-5-10(3)6-9(2)7-11(4)8-9;2*1-2/h5-8H2,1-4H3;2*1-2H3. The molecule has 1 aliphatic heterocycles. The van der Waals surface area contributed by atoms with Crippen LogP contribution in [0.15, 0.2) is 0 Å². The van der Waals surface area contributed by atoms with E-state index in [4.69, 9.17) is 0 Å². The van der Waals surface area contributed by atoms with Gasteiger partial charge in [0, 0.05) is 25.0 Å². The van der Waals surface area contributed by atoms with Crippen molar-refractivity contribution in [1.29, 1.82) is 0 Å². The predicted molar refractivity (Wildman–Crippen MR) is 71.5 cm³/mol. The van der Waals surface area contributed by atoms with Crippen LogP contribution in [0.4, 0.5) is 0 Å². The first-order valence-electron chi connectivity index (χ1n) is 6.43. The summed E-state index contributed by atoms with van der Waals surface area (Å²) in [6.07, 6.45) is 0. The molecule has 0 radical (unpaired) electrons. The van der Waals surface area contributed by atoms with Crippen molar-refractivity contribution in [1.82, 2.24) is 9.80 Å². The molecule has 0 atom stereocenters. The average Bonchev–Trinajstić information content (AvgIpc) is 2.21. The van der Waals surface area contributed by atoms with Gasteiger partial charge in [-0.1, -0.05) is 41.5 Å². The van der Waals surface area contributed by atoms with Crippen LogP contribution in [-0.4, -0.2) is 50.1 Å². The molecule has 0 aromatic carbocycles. The van der Waals surface area contributed by atoms with Gasteiger partial charge in [0.1, 0.15) is 0 Å². The Kier molecular flexibility index (Phi) is 10.6. The van der Waals surface area contributed by atoms with Crippen molar-refractivity contribution in [2.24, 2.45) is 5.41 Å². The van der Waals surface area contributed by atoms with Crippen molar-refractivity contribution in [3.05, 3.63) is 0 Å². The minimum atomic E-state index is 0.569. The SMILES string of the molecule is CC.CC.CCN(C)CC1(C)CN(C)C1. The lowest BCUT2D eigenvalue weighted by atomic mass is 9.82. The van der Waals surface area contributed by atoms with E-state index in [0.29, 0.717) is 5.41 Å². The molecule has 1 saturated heterocycles. The molecule has 15 heavy (non-hydrogen) atoms. The molecule has 0 unspecified atom stereocenters. The van der Waals surface area contributed by atoms with Gasteiger partial charge in [-0.3, -0.25) is 0 Å². The smallest absolute Gasteiger partial charge is 0.00571 e. The van der Waals surface area contributed by atoms with E-state index in [2.05, 4.69) is 37.7 Å². The minimum Gasteiger partial charge on any atom is -0.306 e. The zero-order valence-electron chi connectivity index (χ0n) is 12.2. The predicted octanol–water partition coefficient (Wildman–Crippen LogP) is 2.94. The first kappa shape index (κ1) is 17.3. The van der Waals surface area contributed by atoms with Crippen LogP contribution in [0.1, 0.15) is 41.5 Å². The molecule has 1 fully saturated rings. The van der Waals surface area contributed by atoms with Gasteiger partial charge in [-0.15, -0.1) is 0 Å². The van der Waals surface area contributed by atoms with E-state index in [0.717, 1.165) is 0 Å². The van der Waals surface area contributed by atoms with Gasteiger partial charge < -0.3 is 9.80 Å². The Morgan fingerprint density at radius 1 is 1.13 bits per heavy atom. The fourth-order valence-corrected chi connectivity index (χ4v) is 2.12. The van der Waals surface area contributed by atoms with E-state index in [1.165, 1.54) is 26.2 Å². The maximum atomic E-state index is 2.40. The van der Waals surface area contributed by atoms with Crippen molar-refractivity contribution < 1.29 is 0 Å². The van der Waals surface area contributed by atoms with Crippen LogP contribution in [0.5, 0.6) is 0 Å². The summed E-state index contributed by atoms with van der Waals surface area (Å²) in [5.74, 6) is 0. The molecule has 0 spiro atoms. The molecule has 0 saturated carbocycles. The summed E-state index contributed by atoms with van der Waals surface area (Å²) in [7, 11) is 4.39. The number of nitrogens with zero attached hydrogens (tertiary/aromatic N) is 2. The summed E-state index contributed by atoms with van der Waals surface area (Å²) >= 11 is 0. The van der Waals surface area contributed by atoms with Gasteiger partial charge >= 0.3 is 0 Å². The molecule has 2 nitrogen and oxygen atoms in total. The largest absolute Gasteiger partial charge is 0.306 e. The lowest BCUT2D eigenvalue weighted by molar-refractivity contribution is 0.0133. The highest BCUT2D eigenvalue weighted by Crippen LogP contribution is 2.28.